The number of rotatable bonds is 7. The maximum absolute atomic E-state index is 15.1. The number of halogens is 1. The van der Waals surface area contributed by atoms with Crippen molar-refractivity contribution in [2.24, 2.45) is 0 Å². The van der Waals surface area contributed by atoms with E-state index in [1.54, 1.807) is 34.0 Å². The van der Waals surface area contributed by atoms with Crippen LogP contribution in [0.5, 0.6) is 11.5 Å². The minimum absolute atomic E-state index is 0.302. The lowest BCUT2D eigenvalue weighted by atomic mass is 9.81. The molecule has 0 amide bonds. The number of methoxy groups -OCH3 is 1. The highest BCUT2D eigenvalue weighted by Crippen LogP contribution is 2.46. The van der Waals surface area contributed by atoms with Crippen LogP contribution in [-0.4, -0.2) is 25.3 Å². The number of hydrogen-bond acceptors (Lipinski definition) is 4. The molecule has 0 saturated carbocycles. The first-order valence-electron chi connectivity index (χ1n) is 10.2. The van der Waals surface area contributed by atoms with Gasteiger partial charge in [0.2, 0.25) is 0 Å². The number of esters is 1. The maximum Gasteiger partial charge on any atom is 0.330 e. The number of hydrogen-bond donors (Lipinski definition) is 0. The summed E-state index contributed by atoms with van der Waals surface area (Å²) in [4.78, 5) is 11.5. The Labute approximate surface area is 178 Å². The minimum Gasteiger partial charge on any atom is -0.497 e. The van der Waals surface area contributed by atoms with Gasteiger partial charge >= 0.3 is 5.97 Å². The molecule has 2 rings (SSSR count). The SMILES string of the molecule is CCOC(=O)/C=C(C)/C=C/C(F)=C(/C)C1=C(CC)c2ccc(OC)cc2OC1(C)C. The molecule has 0 unspecified atom stereocenters. The molecule has 1 aliphatic rings. The van der Waals surface area contributed by atoms with Crippen LogP contribution in [0.3, 0.4) is 0 Å². The molecular formula is C25H31FO4. The number of ether oxygens (including phenoxy) is 3. The quantitative estimate of drug-likeness (QED) is 0.297. The monoisotopic (exact) mass is 414 g/mol. The van der Waals surface area contributed by atoms with Crippen molar-refractivity contribution in [3.63, 3.8) is 0 Å². The van der Waals surface area contributed by atoms with Gasteiger partial charge in [0, 0.05) is 23.3 Å². The summed E-state index contributed by atoms with van der Waals surface area (Å²) >= 11 is 0. The molecule has 1 aliphatic heterocycles. The first-order valence-corrected chi connectivity index (χ1v) is 10.2. The lowest BCUT2D eigenvalue weighted by Crippen LogP contribution is -2.35. The van der Waals surface area contributed by atoms with Crippen LogP contribution in [-0.2, 0) is 9.53 Å². The molecule has 0 atom stereocenters. The Bertz CT molecular complexity index is 932. The van der Waals surface area contributed by atoms with Crippen LogP contribution < -0.4 is 9.47 Å². The zero-order valence-electron chi connectivity index (χ0n) is 18.9. The third kappa shape index (κ3) is 5.21. The molecule has 4 nitrogen and oxygen atoms in total. The van der Waals surface area contributed by atoms with Gasteiger partial charge in [-0.3, -0.25) is 0 Å². The molecule has 0 bridgehead atoms. The molecule has 5 heteroatoms. The van der Waals surface area contributed by atoms with Crippen LogP contribution in [0.2, 0.25) is 0 Å². The van der Waals surface area contributed by atoms with E-state index < -0.39 is 11.6 Å². The summed E-state index contributed by atoms with van der Waals surface area (Å²) in [6.07, 6.45) is 5.02. The van der Waals surface area contributed by atoms with E-state index in [4.69, 9.17) is 14.2 Å². The average Bonchev–Trinajstić information content (AvgIpc) is 2.69. The van der Waals surface area contributed by atoms with Crippen molar-refractivity contribution in [2.75, 3.05) is 13.7 Å². The molecule has 162 valence electrons. The van der Waals surface area contributed by atoms with Gasteiger partial charge in [-0.05, 0) is 76.0 Å². The maximum atomic E-state index is 15.1. The van der Waals surface area contributed by atoms with E-state index in [9.17, 15) is 4.79 Å². The van der Waals surface area contributed by atoms with Gasteiger partial charge in [-0.2, -0.15) is 0 Å². The van der Waals surface area contributed by atoms with E-state index in [0.717, 1.165) is 28.9 Å². The van der Waals surface area contributed by atoms with Gasteiger partial charge in [-0.1, -0.05) is 13.0 Å². The Hall–Kier alpha value is -2.82. The first-order chi connectivity index (χ1) is 14.1. The Morgan fingerprint density at radius 2 is 1.90 bits per heavy atom. The van der Waals surface area contributed by atoms with E-state index in [1.807, 2.05) is 32.0 Å². The van der Waals surface area contributed by atoms with Crippen LogP contribution in [0.4, 0.5) is 4.39 Å². The fourth-order valence-electron chi connectivity index (χ4n) is 3.70. The number of allylic oxidation sites excluding steroid dienone is 5. The summed E-state index contributed by atoms with van der Waals surface area (Å²) in [7, 11) is 1.62. The lowest BCUT2D eigenvalue weighted by molar-refractivity contribution is -0.137. The molecule has 1 heterocycles. The van der Waals surface area contributed by atoms with Crippen molar-refractivity contribution in [3.05, 3.63) is 64.5 Å². The summed E-state index contributed by atoms with van der Waals surface area (Å²) in [5.74, 6) is 0.636. The largest absolute Gasteiger partial charge is 0.497 e. The molecule has 0 N–H and O–H groups in total. The van der Waals surface area contributed by atoms with Crippen molar-refractivity contribution >= 4 is 11.5 Å². The fraction of sp³-hybridized carbons (Fsp3) is 0.400. The van der Waals surface area contributed by atoms with Gasteiger partial charge in [-0.25, -0.2) is 9.18 Å². The Morgan fingerprint density at radius 1 is 1.20 bits per heavy atom. The van der Waals surface area contributed by atoms with Crippen molar-refractivity contribution in [1.29, 1.82) is 0 Å². The van der Waals surface area contributed by atoms with Crippen molar-refractivity contribution in [1.82, 2.24) is 0 Å². The molecule has 1 aromatic carbocycles. The predicted octanol–water partition coefficient (Wildman–Crippen LogP) is 6.34. The Balaban J connectivity index is 2.50. The molecule has 0 aliphatic carbocycles. The Morgan fingerprint density at radius 3 is 2.50 bits per heavy atom. The van der Waals surface area contributed by atoms with Crippen molar-refractivity contribution in [3.8, 4) is 11.5 Å². The smallest absolute Gasteiger partial charge is 0.330 e. The second-order valence-electron chi connectivity index (χ2n) is 7.63. The zero-order valence-corrected chi connectivity index (χ0v) is 18.9. The van der Waals surface area contributed by atoms with Crippen molar-refractivity contribution in [2.45, 2.75) is 53.6 Å². The van der Waals surface area contributed by atoms with Crippen LogP contribution in [0.15, 0.2) is 59.0 Å². The molecule has 0 fully saturated rings. The van der Waals surface area contributed by atoms with E-state index in [2.05, 4.69) is 6.92 Å². The molecular weight excluding hydrogens is 383 g/mol. The number of carbonyl (C=O) groups excluding carboxylic acids is 1. The number of benzene rings is 1. The predicted molar refractivity (Wildman–Crippen MR) is 118 cm³/mol. The number of fused-ring (bicyclic) bond motifs is 1. The fourth-order valence-corrected chi connectivity index (χ4v) is 3.70. The van der Waals surface area contributed by atoms with Gasteiger partial charge in [0.05, 0.1) is 13.7 Å². The first kappa shape index (κ1) is 23.5. The second kappa shape index (κ2) is 9.79. The summed E-state index contributed by atoms with van der Waals surface area (Å²) in [6.45, 7) is 11.5. The average molecular weight is 415 g/mol. The third-order valence-corrected chi connectivity index (χ3v) is 4.99. The van der Waals surface area contributed by atoms with Crippen LogP contribution in [0, 0.1) is 0 Å². The molecule has 0 saturated heterocycles. The van der Waals surface area contributed by atoms with Crippen LogP contribution in [0.1, 0.15) is 53.5 Å². The highest BCUT2D eigenvalue weighted by atomic mass is 19.1. The highest BCUT2D eigenvalue weighted by molar-refractivity contribution is 5.83. The topological polar surface area (TPSA) is 44.8 Å². The lowest BCUT2D eigenvalue weighted by Gasteiger charge is -2.38. The summed E-state index contributed by atoms with van der Waals surface area (Å²) in [6, 6.07) is 5.70. The summed E-state index contributed by atoms with van der Waals surface area (Å²) < 4.78 is 31.6. The molecule has 30 heavy (non-hydrogen) atoms. The van der Waals surface area contributed by atoms with Crippen LogP contribution >= 0.6 is 0 Å². The van der Waals surface area contributed by atoms with E-state index >= 15 is 4.39 Å². The molecule has 0 aromatic heterocycles. The second-order valence-corrected chi connectivity index (χ2v) is 7.63. The standard InChI is InChI=1S/C25H31FO4/c1-8-19-20-12-11-18(28-7)15-22(20)30-25(5,6)24(19)17(4)21(26)13-10-16(3)14-23(27)29-9-2/h10-15H,8-9H2,1-7H3/b13-10+,16-14+,21-17+. The van der Waals surface area contributed by atoms with Gasteiger partial charge < -0.3 is 14.2 Å². The number of carbonyl (C=O) groups is 1. The molecule has 0 radical (unpaired) electrons. The summed E-state index contributed by atoms with van der Waals surface area (Å²) in [5, 5.41) is 0. The van der Waals surface area contributed by atoms with Crippen LogP contribution in [0.25, 0.3) is 5.57 Å². The summed E-state index contributed by atoms with van der Waals surface area (Å²) in [5.41, 5.74) is 3.23. The minimum atomic E-state index is -0.713. The highest BCUT2D eigenvalue weighted by Gasteiger charge is 2.36. The van der Waals surface area contributed by atoms with Gasteiger partial charge in [0.25, 0.3) is 0 Å². The molecule has 1 aromatic rings. The van der Waals surface area contributed by atoms with E-state index in [-0.39, 0.29) is 5.83 Å². The zero-order chi connectivity index (χ0) is 22.5. The van der Waals surface area contributed by atoms with Gasteiger partial charge in [-0.15, -0.1) is 0 Å². The van der Waals surface area contributed by atoms with E-state index in [0.29, 0.717) is 23.5 Å². The molecule has 0 spiro atoms. The van der Waals surface area contributed by atoms with Crippen molar-refractivity contribution < 1.29 is 23.4 Å². The van der Waals surface area contributed by atoms with Gasteiger partial charge in [0.1, 0.15) is 22.9 Å². The van der Waals surface area contributed by atoms with E-state index in [1.165, 1.54) is 12.2 Å². The van der Waals surface area contributed by atoms with Gasteiger partial charge in [0.15, 0.2) is 0 Å². The third-order valence-electron chi connectivity index (χ3n) is 4.99. The Kier molecular flexibility index (Phi) is 7.65. The normalized spacial score (nSPS) is 16.7.